The maximum atomic E-state index is 13.0. The third-order valence-electron chi connectivity index (χ3n) is 3.73. The molecular formula is C18H12OS2. The van der Waals surface area contributed by atoms with Crippen molar-refractivity contribution in [1.82, 2.24) is 0 Å². The standard InChI is InChI=1S/C18H12OS2/c1-11-6-7-12-4-2-3-5-13(12)17(11)18(19)16-10-15-14(21-16)8-9-20-15/h2-10H,1H3. The molecule has 0 fully saturated rings. The first kappa shape index (κ1) is 12.7. The number of ketones is 1. The normalized spacial score (nSPS) is 11.3. The number of aryl methyl sites for hydroxylation is 1. The number of rotatable bonds is 2. The Labute approximate surface area is 130 Å². The summed E-state index contributed by atoms with van der Waals surface area (Å²) in [5.74, 6) is 0.137. The summed E-state index contributed by atoms with van der Waals surface area (Å²) in [4.78, 5) is 13.8. The summed E-state index contributed by atoms with van der Waals surface area (Å²) in [6, 6.07) is 16.3. The highest BCUT2D eigenvalue weighted by molar-refractivity contribution is 7.28. The molecule has 0 N–H and O–H groups in total. The molecule has 0 aliphatic carbocycles. The van der Waals surface area contributed by atoms with Crippen molar-refractivity contribution < 1.29 is 4.79 Å². The molecule has 0 saturated heterocycles. The third kappa shape index (κ3) is 2.01. The van der Waals surface area contributed by atoms with Crippen LogP contribution in [0.5, 0.6) is 0 Å². The SMILES string of the molecule is Cc1ccc2ccccc2c1C(=O)c1cc2sccc2s1. The summed E-state index contributed by atoms with van der Waals surface area (Å²) in [6.07, 6.45) is 0. The number of thiophene rings is 2. The molecule has 1 nitrogen and oxygen atoms in total. The van der Waals surface area contributed by atoms with Crippen molar-refractivity contribution in [3.8, 4) is 0 Å². The molecule has 0 radical (unpaired) electrons. The van der Waals surface area contributed by atoms with Crippen LogP contribution in [-0.4, -0.2) is 5.78 Å². The van der Waals surface area contributed by atoms with E-state index in [1.165, 1.54) is 9.40 Å². The van der Waals surface area contributed by atoms with Crippen molar-refractivity contribution in [3.63, 3.8) is 0 Å². The van der Waals surface area contributed by atoms with Crippen molar-refractivity contribution >= 4 is 48.6 Å². The van der Waals surface area contributed by atoms with E-state index in [0.29, 0.717) is 0 Å². The van der Waals surface area contributed by atoms with E-state index in [2.05, 4.69) is 23.6 Å². The van der Waals surface area contributed by atoms with Crippen LogP contribution in [-0.2, 0) is 0 Å². The van der Waals surface area contributed by atoms with E-state index in [0.717, 1.165) is 26.8 Å². The first-order valence-corrected chi connectivity index (χ1v) is 8.44. The van der Waals surface area contributed by atoms with E-state index in [1.807, 2.05) is 37.3 Å². The smallest absolute Gasteiger partial charge is 0.203 e. The molecule has 4 aromatic rings. The lowest BCUT2D eigenvalue weighted by Crippen LogP contribution is -2.02. The average molecular weight is 308 g/mol. The largest absolute Gasteiger partial charge is 0.288 e. The summed E-state index contributed by atoms with van der Waals surface area (Å²) < 4.78 is 2.39. The fourth-order valence-electron chi connectivity index (χ4n) is 2.68. The average Bonchev–Trinajstić information content (AvgIpc) is 3.07. The molecule has 0 amide bonds. The molecule has 2 aromatic heterocycles. The number of benzene rings is 2. The van der Waals surface area contributed by atoms with Crippen LogP contribution in [0.1, 0.15) is 20.8 Å². The van der Waals surface area contributed by atoms with Gasteiger partial charge in [-0.15, -0.1) is 22.7 Å². The molecule has 0 saturated carbocycles. The Bertz CT molecular complexity index is 947. The lowest BCUT2D eigenvalue weighted by molar-refractivity contribution is 0.104. The van der Waals surface area contributed by atoms with Crippen LogP contribution in [0.4, 0.5) is 0 Å². The third-order valence-corrected chi connectivity index (χ3v) is 5.82. The quantitative estimate of drug-likeness (QED) is 0.437. The molecule has 2 aromatic carbocycles. The molecule has 0 unspecified atom stereocenters. The monoisotopic (exact) mass is 308 g/mol. The molecule has 0 spiro atoms. The predicted octanol–water partition coefficient (Wildman–Crippen LogP) is 5.66. The van der Waals surface area contributed by atoms with Gasteiger partial charge in [0.15, 0.2) is 0 Å². The Morgan fingerprint density at radius 3 is 2.71 bits per heavy atom. The Kier molecular flexibility index (Phi) is 2.91. The van der Waals surface area contributed by atoms with Crippen LogP contribution in [0.3, 0.4) is 0 Å². The van der Waals surface area contributed by atoms with Crippen LogP contribution in [0, 0.1) is 6.92 Å². The van der Waals surface area contributed by atoms with Gasteiger partial charge in [0.2, 0.25) is 5.78 Å². The Balaban J connectivity index is 1.94. The molecule has 0 bridgehead atoms. The maximum Gasteiger partial charge on any atom is 0.203 e. The van der Waals surface area contributed by atoms with Crippen LogP contribution in [0.25, 0.3) is 20.2 Å². The second-order valence-electron chi connectivity index (χ2n) is 5.07. The summed E-state index contributed by atoms with van der Waals surface area (Å²) >= 11 is 3.27. The minimum absolute atomic E-state index is 0.137. The first-order chi connectivity index (χ1) is 10.2. The van der Waals surface area contributed by atoms with Gasteiger partial charge in [0.1, 0.15) is 0 Å². The van der Waals surface area contributed by atoms with Gasteiger partial charge in [-0.2, -0.15) is 0 Å². The highest BCUT2D eigenvalue weighted by atomic mass is 32.1. The fraction of sp³-hybridized carbons (Fsp3) is 0.0556. The van der Waals surface area contributed by atoms with Gasteiger partial charge >= 0.3 is 0 Å². The van der Waals surface area contributed by atoms with Crippen molar-refractivity contribution in [2.24, 2.45) is 0 Å². The van der Waals surface area contributed by atoms with Crippen molar-refractivity contribution in [1.29, 1.82) is 0 Å². The molecule has 3 heteroatoms. The highest BCUT2D eigenvalue weighted by Gasteiger charge is 2.17. The summed E-state index contributed by atoms with van der Waals surface area (Å²) in [5, 5.41) is 4.22. The Hall–Kier alpha value is -1.97. The second-order valence-corrected chi connectivity index (χ2v) is 7.10. The van der Waals surface area contributed by atoms with Gasteiger partial charge in [-0.1, -0.05) is 36.4 Å². The van der Waals surface area contributed by atoms with Gasteiger partial charge in [0.05, 0.1) is 4.88 Å². The predicted molar refractivity (Wildman–Crippen MR) is 91.8 cm³/mol. The zero-order valence-electron chi connectivity index (χ0n) is 11.4. The number of hydrogen-bond acceptors (Lipinski definition) is 3. The number of fused-ring (bicyclic) bond motifs is 2. The molecule has 0 atom stereocenters. The zero-order valence-corrected chi connectivity index (χ0v) is 13.1. The van der Waals surface area contributed by atoms with Gasteiger partial charge < -0.3 is 0 Å². The Morgan fingerprint density at radius 1 is 1.00 bits per heavy atom. The molecule has 2 heterocycles. The van der Waals surface area contributed by atoms with Crippen molar-refractivity contribution in [3.05, 3.63) is 69.9 Å². The van der Waals surface area contributed by atoms with E-state index in [9.17, 15) is 4.79 Å². The van der Waals surface area contributed by atoms with Crippen LogP contribution in [0.15, 0.2) is 53.9 Å². The van der Waals surface area contributed by atoms with Crippen LogP contribution in [0.2, 0.25) is 0 Å². The number of carbonyl (C=O) groups is 1. The molecule has 21 heavy (non-hydrogen) atoms. The Morgan fingerprint density at radius 2 is 1.86 bits per heavy atom. The topological polar surface area (TPSA) is 17.1 Å². The van der Waals surface area contributed by atoms with E-state index in [1.54, 1.807) is 22.7 Å². The number of carbonyl (C=O) groups excluding carboxylic acids is 1. The lowest BCUT2D eigenvalue weighted by Gasteiger charge is -2.08. The molecule has 4 rings (SSSR count). The summed E-state index contributed by atoms with van der Waals surface area (Å²) in [7, 11) is 0. The minimum Gasteiger partial charge on any atom is -0.288 e. The fourth-order valence-corrected chi connectivity index (χ4v) is 4.74. The van der Waals surface area contributed by atoms with E-state index >= 15 is 0 Å². The van der Waals surface area contributed by atoms with Crippen LogP contribution < -0.4 is 0 Å². The van der Waals surface area contributed by atoms with Gasteiger partial charge in [-0.05, 0) is 40.8 Å². The van der Waals surface area contributed by atoms with E-state index < -0.39 is 0 Å². The summed E-state index contributed by atoms with van der Waals surface area (Å²) in [6.45, 7) is 2.01. The minimum atomic E-state index is 0.137. The van der Waals surface area contributed by atoms with Crippen LogP contribution >= 0.6 is 22.7 Å². The molecule has 0 aliphatic rings. The lowest BCUT2D eigenvalue weighted by atomic mass is 9.96. The maximum absolute atomic E-state index is 13.0. The zero-order chi connectivity index (χ0) is 14.4. The number of hydrogen-bond donors (Lipinski definition) is 0. The first-order valence-electron chi connectivity index (χ1n) is 6.74. The molecule has 102 valence electrons. The van der Waals surface area contributed by atoms with Crippen molar-refractivity contribution in [2.45, 2.75) is 6.92 Å². The van der Waals surface area contributed by atoms with E-state index in [4.69, 9.17) is 0 Å². The van der Waals surface area contributed by atoms with Gasteiger partial charge in [0.25, 0.3) is 0 Å². The van der Waals surface area contributed by atoms with E-state index in [-0.39, 0.29) is 5.78 Å². The second kappa shape index (κ2) is 4.79. The molecule has 0 aliphatic heterocycles. The van der Waals surface area contributed by atoms with Gasteiger partial charge in [0, 0.05) is 15.0 Å². The van der Waals surface area contributed by atoms with Gasteiger partial charge in [-0.25, -0.2) is 0 Å². The summed E-state index contributed by atoms with van der Waals surface area (Å²) in [5.41, 5.74) is 1.87. The highest BCUT2D eigenvalue weighted by Crippen LogP contribution is 2.33. The van der Waals surface area contributed by atoms with Gasteiger partial charge in [-0.3, -0.25) is 4.79 Å². The molecular weight excluding hydrogens is 296 g/mol. The van der Waals surface area contributed by atoms with Crippen molar-refractivity contribution in [2.75, 3.05) is 0 Å².